The Bertz CT molecular complexity index is 1580. The summed E-state index contributed by atoms with van der Waals surface area (Å²) in [6, 6.07) is 5.71. The quantitative estimate of drug-likeness (QED) is 0.143. The van der Waals surface area contributed by atoms with E-state index in [4.69, 9.17) is 44.9 Å². The van der Waals surface area contributed by atoms with Gasteiger partial charge in [-0.25, -0.2) is 0 Å². The number of aryl methyl sites for hydroxylation is 2. The van der Waals surface area contributed by atoms with Crippen LogP contribution in [-0.4, -0.2) is 73.5 Å². The molecule has 0 bridgehead atoms. The van der Waals surface area contributed by atoms with E-state index >= 15 is 0 Å². The van der Waals surface area contributed by atoms with E-state index in [1.165, 1.54) is 11.6 Å². The van der Waals surface area contributed by atoms with Crippen molar-refractivity contribution >= 4 is 55.1 Å². The van der Waals surface area contributed by atoms with Crippen LogP contribution in [0, 0.1) is 0 Å². The van der Waals surface area contributed by atoms with Crippen LogP contribution in [0.4, 0.5) is 0 Å². The largest absolute Gasteiger partial charge is 0.467 e. The van der Waals surface area contributed by atoms with Gasteiger partial charge >= 0.3 is 0 Å². The highest BCUT2D eigenvalue weighted by molar-refractivity contribution is 9.10. The molecule has 5 heterocycles. The van der Waals surface area contributed by atoms with Gasteiger partial charge in [0.05, 0.1) is 25.0 Å². The molecule has 3 aromatic heterocycles. The number of nitrogens with zero attached hydrogens (tertiary/aromatic N) is 4. The number of aromatic nitrogens is 4. The Hall–Kier alpha value is -1.55. The van der Waals surface area contributed by atoms with Crippen LogP contribution in [0.25, 0.3) is 11.2 Å². The first-order valence-corrected chi connectivity index (χ1v) is 24.3. The lowest BCUT2D eigenvalue weighted by Gasteiger charge is -2.39. The number of fused-ring (bicyclic) bond motifs is 3. The molecule has 0 saturated carbocycles. The van der Waals surface area contributed by atoms with Crippen molar-refractivity contribution in [1.29, 1.82) is 0 Å². The van der Waals surface area contributed by atoms with Crippen molar-refractivity contribution in [3.63, 3.8) is 0 Å². The van der Waals surface area contributed by atoms with E-state index in [9.17, 15) is 0 Å². The third-order valence-electron chi connectivity index (χ3n) is 9.84. The van der Waals surface area contributed by atoms with Crippen LogP contribution in [0.1, 0.15) is 57.4 Å². The summed E-state index contributed by atoms with van der Waals surface area (Å²) in [5.74, 6) is 0.389. The Balaban J connectivity index is 1.24. The van der Waals surface area contributed by atoms with Crippen molar-refractivity contribution in [2.45, 2.75) is 127 Å². The average Bonchev–Trinajstić information content (AvgIpc) is 3.71. The summed E-state index contributed by atoms with van der Waals surface area (Å²) in [5.41, 5.74) is 3.50. The Labute approximate surface area is 288 Å². The van der Waals surface area contributed by atoms with E-state index in [0.29, 0.717) is 41.3 Å². The van der Waals surface area contributed by atoms with Crippen molar-refractivity contribution in [2.24, 2.45) is 0 Å². The summed E-state index contributed by atoms with van der Waals surface area (Å²) in [4.78, 5) is 14.5. The van der Waals surface area contributed by atoms with Gasteiger partial charge in [-0.3, -0.25) is 9.55 Å². The highest BCUT2D eigenvalue weighted by atomic mass is 79.9. The van der Waals surface area contributed by atoms with Crippen molar-refractivity contribution in [2.75, 3.05) is 13.2 Å². The van der Waals surface area contributed by atoms with E-state index < -0.39 is 16.4 Å². The number of pyridine rings is 2. The zero-order valence-corrected chi connectivity index (χ0v) is 32.7. The standard InChI is InChI=1S/C33H48BrClN4O5Si2/c1-33(2,3)46(7,8)44-26-19-41-28-25(18-40-29(26)28)43-32-37-23-16-22(35)31(38-30(23)39(32)13-9-10-14-45(4,5)6)42-24-12-11-20-15-21(34)17-36-27(20)24/h15-17,24-26,28-29H,9-14,18-19H2,1-8H3/t24?,25-,26-,28-,29-/m1/s1. The molecule has 0 amide bonds. The van der Waals surface area contributed by atoms with Crippen LogP contribution in [0.15, 0.2) is 22.8 Å². The molecule has 5 atom stereocenters. The van der Waals surface area contributed by atoms with Gasteiger partial charge in [0.1, 0.15) is 28.9 Å². The molecule has 0 N–H and O–H groups in total. The van der Waals surface area contributed by atoms with Crippen molar-refractivity contribution in [3.8, 4) is 11.9 Å². The van der Waals surface area contributed by atoms with Gasteiger partial charge in [-0.1, -0.05) is 64.5 Å². The SMILES string of the molecule is CC(C)(C)[Si](C)(C)O[C@@H]1CO[C@H]2[C@@H]1OC[C@H]2Oc1nc2cc(Cl)c(OC3CCc4cc(Br)cnc43)nc2n1CCCC[Si](C)(C)C. The first-order chi connectivity index (χ1) is 21.6. The van der Waals surface area contributed by atoms with Crippen LogP contribution in [0.3, 0.4) is 0 Å². The second-order valence-electron chi connectivity index (χ2n) is 15.7. The van der Waals surface area contributed by atoms with E-state index in [0.717, 1.165) is 42.4 Å². The van der Waals surface area contributed by atoms with Gasteiger partial charge in [-0.2, -0.15) is 9.97 Å². The van der Waals surface area contributed by atoms with Crippen LogP contribution in [0.5, 0.6) is 11.9 Å². The maximum absolute atomic E-state index is 6.77. The van der Waals surface area contributed by atoms with Gasteiger partial charge in [0.25, 0.3) is 6.01 Å². The molecule has 13 heteroatoms. The number of hydrogen-bond acceptors (Lipinski definition) is 8. The Morgan fingerprint density at radius 2 is 1.72 bits per heavy atom. The minimum atomic E-state index is -1.99. The second-order valence-corrected chi connectivity index (χ2v) is 27.4. The van der Waals surface area contributed by atoms with E-state index in [1.807, 2.05) is 12.3 Å². The van der Waals surface area contributed by atoms with Crippen molar-refractivity contribution < 1.29 is 23.4 Å². The molecule has 252 valence electrons. The summed E-state index contributed by atoms with van der Waals surface area (Å²) in [7, 11) is -3.15. The Morgan fingerprint density at radius 3 is 2.43 bits per heavy atom. The molecule has 2 saturated heterocycles. The molecule has 0 aromatic carbocycles. The van der Waals surface area contributed by atoms with Gasteiger partial charge in [-0.05, 0) is 71.0 Å². The predicted octanol–water partition coefficient (Wildman–Crippen LogP) is 8.36. The lowest BCUT2D eigenvalue weighted by atomic mass is 10.1. The number of hydrogen-bond donors (Lipinski definition) is 0. The maximum atomic E-state index is 6.77. The summed E-state index contributed by atoms with van der Waals surface area (Å²) in [6.45, 7) is 20.2. The normalized spacial score (nSPS) is 24.9. The molecule has 2 fully saturated rings. The highest BCUT2D eigenvalue weighted by Gasteiger charge is 2.52. The van der Waals surface area contributed by atoms with Gasteiger partial charge < -0.3 is 23.4 Å². The third kappa shape index (κ3) is 7.23. The Morgan fingerprint density at radius 1 is 1.00 bits per heavy atom. The van der Waals surface area contributed by atoms with E-state index in [-0.39, 0.29) is 35.6 Å². The number of unbranched alkanes of at least 4 members (excludes halogenated alkanes) is 1. The average molecular weight is 752 g/mol. The molecule has 46 heavy (non-hydrogen) atoms. The number of imidazole rings is 1. The number of ether oxygens (including phenoxy) is 4. The third-order valence-corrected chi connectivity index (χ3v) is 16.9. The van der Waals surface area contributed by atoms with Crippen LogP contribution in [-0.2, 0) is 26.9 Å². The molecule has 1 aliphatic carbocycles. The minimum absolute atomic E-state index is 0.101. The van der Waals surface area contributed by atoms with Crippen molar-refractivity contribution in [1.82, 2.24) is 19.5 Å². The van der Waals surface area contributed by atoms with Gasteiger partial charge in [-0.15, -0.1) is 0 Å². The fourth-order valence-corrected chi connectivity index (χ4v) is 9.46. The molecule has 1 unspecified atom stereocenters. The van der Waals surface area contributed by atoms with Crippen LogP contribution < -0.4 is 9.47 Å². The predicted molar refractivity (Wildman–Crippen MR) is 190 cm³/mol. The highest BCUT2D eigenvalue weighted by Crippen LogP contribution is 2.41. The summed E-state index contributed by atoms with van der Waals surface area (Å²) in [6.07, 6.45) is 4.67. The smallest absolute Gasteiger partial charge is 0.299 e. The molecule has 2 aliphatic heterocycles. The topological polar surface area (TPSA) is 89.8 Å². The zero-order chi connectivity index (χ0) is 33.0. The van der Waals surface area contributed by atoms with Gasteiger partial charge in [0, 0.05) is 25.3 Å². The fourth-order valence-electron chi connectivity index (χ4n) is 6.26. The molecular weight excluding hydrogens is 704 g/mol. The summed E-state index contributed by atoms with van der Waals surface area (Å²) in [5, 5.41) is 0.521. The maximum Gasteiger partial charge on any atom is 0.299 e. The molecule has 3 aromatic rings. The molecule has 0 radical (unpaired) electrons. The second kappa shape index (κ2) is 13.1. The van der Waals surface area contributed by atoms with E-state index in [2.05, 4.69) is 85.1 Å². The first kappa shape index (κ1) is 34.3. The van der Waals surface area contributed by atoms with Gasteiger partial charge in [0.15, 0.2) is 20.1 Å². The monoisotopic (exact) mass is 750 g/mol. The summed E-state index contributed by atoms with van der Waals surface area (Å²) < 4.78 is 35.4. The van der Waals surface area contributed by atoms with E-state index in [1.54, 1.807) is 0 Å². The molecular formula is C33H48BrClN4O5Si2. The van der Waals surface area contributed by atoms with Crippen molar-refractivity contribution in [3.05, 3.63) is 39.1 Å². The molecule has 6 rings (SSSR count). The lowest BCUT2D eigenvalue weighted by molar-refractivity contribution is 0.0104. The first-order valence-electron chi connectivity index (χ1n) is 16.5. The summed E-state index contributed by atoms with van der Waals surface area (Å²) >= 11 is 10.3. The number of rotatable bonds is 11. The molecule has 0 spiro atoms. The fraction of sp³-hybridized carbons (Fsp3) is 0.667. The molecule has 3 aliphatic rings. The molecule has 9 nitrogen and oxygen atoms in total. The minimum Gasteiger partial charge on any atom is -0.467 e. The zero-order valence-electron chi connectivity index (χ0n) is 28.4. The lowest BCUT2D eigenvalue weighted by Crippen LogP contribution is -2.47. The van der Waals surface area contributed by atoms with Gasteiger partial charge in [0.2, 0.25) is 5.88 Å². The van der Waals surface area contributed by atoms with Crippen LogP contribution >= 0.6 is 27.5 Å². The van der Waals surface area contributed by atoms with Crippen LogP contribution in [0.2, 0.25) is 48.8 Å². The number of halogens is 2. The Kier molecular flexibility index (Phi) is 9.74.